The van der Waals surface area contributed by atoms with E-state index in [-0.39, 0.29) is 24.4 Å². The second-order valence-corrected chi connectivity index (χ2v) is 8.12. The molecule has 1 saturated heterocycles. The largest absolute Gasteiger partial charge is 0.420 e. The molecule has 3 aromatic rings. The molecule has 5 rings (SSSR count). The molecular formula is C22H23F3N4O. The van der Waals surface area contributed by atoms with Gasteiger partial charge in [0.15, 0.2) is 11.5 Å². The number of aromatic nitrogens is 3. The summed E-state index contributed by atoms with van der Waals surface area (Å²) in [6.07, 6.45) is -2.87. The Morgan fingerprint density at radius 1 is 1.07 bits per heavy atom. The molecule has 2 aromatic heterocycles. The zero-order valence-electron chi connectivity index (χ0n) is 16.6. The summed E-state index contributed by atoms with van der Waals surface area (Å²) >= 11 is 0. The first kappa shape index (κ1) is 19.5. The van der Waals surface area contributed by atoms with Crippen LogP contribution in [0, 0.1) is 11.8 Å². The lowest BCUT2D eigenvalue weighted by atomic mass is 10.1. The predicted molar refractivity (Wildman–Crippen MR) is 105 cm³/mol. The van der Waals surface area contributed by atoms with Gasteiger partial charge in [-0.2, -0.15) is 13.2 Å². The molecule has 0 N–H and O–H groups in total. The minimum Gasteiger partial charge on any atom is -0.374 e. The van der Waals surface area contributed by atoms with Gasteiger partial charge in [-0.1, -0.05) is 30.3 Å². The van der Waals surface area contributed by atoms with Crippen molar-refractivity contribution in [2.24, 2.45) is 11.8 Å². The average molecular weight is 416 g/mol. The highest BCUT2D eigenvalue weighted by Gasteiger charge is 2.56. The van der Waals surface area contributed by atoms with Gasteiger partial charge >= 0.3 is 6.18 Å². The maximum Gasteiger partial charge on any atom is 0.420 e. The average Bonchev–Trinajstić information content (AvgIpc) is 3.04. The maximum atomic E-state index is 14.0. The van der Waals surface area contributed by atoms with Gasteiger partial charge in [0.2, 0.25) is 0 Å². The monoisotopic (exact) mass is 416 g/mol. The predicted octanol–water partition coefficient (Wildman–Crippen LogP) is 4.13. The van der Waals surface area contributed by atoms with Crippen LogP contribution in [0.4, 0.5) is 13.2 Å². The third kappa shape index (κ3) is 3.37. The fourth-order valence-electron chi connectivity index (χ4n) is 4.93. The summed E-state index contributed by atoms with van der Waals surface area (Å²) in [4.78, 5) is 2.13. The van der Waals surface area contributed by atoms with Crippen molar-refractivity contribution in [3.63, 3.8) is 0 Å². The number of alkyl halides is 3. The van der Waals surface area contributed by atoms with Crippen molar-refractivity contribution >= 4 is 5.65 Å². The molecule has 2 unspecified atom stereocenters. The van der Waals surface area contributed by atoms with Crippen LogP contribution in [0.25, 0.3) is 5.65 Å². The van der Waals surface area contributed by atoms with Crippen LogP contribution in [0.5, 0.6) is 0 Å². The molecule has 0 spiro atoms. The fourth-order valence-corrected chi connectivity index (χ4v) is 4.93. The first-order valence-electron chi connectivity index (χ1n) is 10.2. The van der Waals surface area contributed by atoms with Crippen molar-refractivity contribution in [3.8, 4) is 0 Å². The van der Waals surface area contributed by atoms with Gasteiger partial charge in [0.1, 0.15) is 12.2 Å². The van der Waals surface area contributed by atoms with E-state index in [0.717, 1.165) is 13.1 Å². The summed E-state index contributed by atoms with van der Waals surface area (Å²) in [6.45, 7) is 4.34. The van der Waals surface area contributed by atoms with Crippen LogP contribution in [0.1, 0.15) is 35.4 Å². The number of rotatable bonds is 6. The molecule has 5 nitrogen and oxygen atoms in total. The minimum atomic E-state index is -4.50. The van der Waals surface area contributed by atoms with Crippen molar-refractivity contribution in [2.45, 2.75) is 32.2 Å². The summed E-state index contributed by atoms with van der Waals surface area (Å²) in [5.74, 6) is 1.99. The van der Waals surface area contributed by atoms with Gasteiger partial charge in [-0.15, -0.1) is 10.2 Å². The topological polar surface area (TPSA) is 42.7 Å². The lowest BCUT2D eigenvalue weighted by Crippen LogP contribution is -2.26. The zero-order valence-corrected chi connectivity index (χ0v) is 16.6. The summed E-state index contributed by atoms with van der Waals surface area (Å²) in [7, 11) is 0. The number of nitrogens with zero attached hydrogens (tertiary/aromatic N) is 4. The zero-order chi connectivity index (χ0) is 20.9. The van der Waals surface area contributed by atoms with Gasteiger partial charge in [0, 0.05) is 32.4 Å². The molecule has 3 atom stereocenters. The van der Waals surface area contributed by atoms with Gasteiger partial charge in [0.05, 0.1) is 0 Å². The van der Waals surface area contributed by atoms with Crippen molar-refractivity contribution in [1.29, 1.82) is 0 Å². The Balaban J connectivity index is 1.36. The molecule has 1 aliphatic carbocycles. The van der Waals surface area contributed by atoms with Gasteiger partial charge in [-0.25, -0.2) is 0 Å². The standard InChI is InChI=1S/C22H23F3N4O/c1-2-30-13-18-26-27-21-20(22(23,24)25)15(8-9-29(18)21)10-28-11-16-17(12-28)19(16)14-6-4-3-5-7-14/h3-9,16-17,19H,2,10-13H2,1H3/t16-,17?,19?/m1/s1. The quantitative estimate of drug-likeness (QED) is 0.606. The third-order valence-corrected chi connectivity index (χ3v) is 6.30. The first-order chi connectivity index (χ1) is 14.5. The van der Waals surface area contributed by atoms with Crippen LogP contribution in [0.15, 0.2) is 42.6 Å². The summed E-state index contributed by atoms with van der Waals surface area (Å²) in [6, 6.07) is 11.9. The van der Waals surface area contributed by atoms with E-state index in [1.807, 2.05) is 25.1 Å². The van der Waals surface area contributed by atoms with E-state index in [2.05, 4.69) is 27.2 Å². The number of likely N-dealkylation sites (tertiary alicyclic amines) is 1. The lowest BCUT2D eigenvalue weighted by molar-refractivity contribution is -0.137. The highest BCUT2D eigenvalue weighted by Crippen LogP contribution is 2.58. The number of pyridine rings is 1. The van der Waals surface area contributed by atoms with Crippen LogP contribution >= 0.6 is 0 Å². The van der Waals surface area contributed by atoms with Crippen LogP contribution < -0.4 is 0 Å². The second kappa shape index (κ2) is 7.35. The van der Waals surface area contributed by atoms with Crippen LogP contribution in [-0.2, 0) is 24.1 Å². The molecule has 0 radical (unpaired) electrons. The summed E-state index contributed by atoms with van der Waals surface area (Å²) < 4.78 is 48.5. The Kier molecular flexibility index (Phi) is 4.78. The number of ether oxygens (including phenoxy) is 1. The van der Waals surface area contributed by atoms with Crippen molar-refractivity contribution < 1.29 is 17.9 Å². The van der Waals surface area contributed by atoms with Gasteiger partial charge in [-0.3, -0.25) is 9.30 Å². The van der Waals surface area contributed by atoms with Crippen LogP contribution in [-0.4, -0.2) is 39.2 Å². The molecule has 1 aromatic carbocycles. The van der Waals surface area contributed by atoms with E-state index < -0.39 is 11.7 Å². The van der Waals surface area contributed by atoms with Crippen LogP contribution in [0.2, 0.25) is 0 Å². The van der Waals surface area contributed by atoms with Gasteiger partial charge in [0.25, 0.3) is 0 Å². The van der Waals surface area contributed by atoms with E-state index in [1.54, 1.807) is 12.3 Å². The van der Waals surface area contributed by atoms with E-state index in [0.29, 0.717) is 30.2 Å². The number of halogens is 3. The van der Waals surface area contributed by atoms with Gasteiger partial charge < -0.3 is 4.74 Å². The molecule has 1 aliphatic heterocycles. The summed E-state index contributed by atoms with van der Waals surface area (Å²) in [5.41, 5.74) is 0.749. The van der Waals surface area contributed by atoms with E-state index in [4.69, 9.17) is 4.74 Å². The minimum absolute atomic E-state index is 0.130. The van der Waals surface area contributed by atoms with E-state index in [9.17, 15) is 13.2 Å². The fraction of sp³-hybridized carbons (Fsp3) is 0.455. The van der Waals surface area contributed by atoms with Gasteiger partial charge in [-0.05, 0) is 41.9 Å². The molecule has 3 heterocycles. The Morgan fingerprint density at radius 2 is 1.80 bits per heavy atom. The lowest BCUT2D eigenvalue weighted by Gasteiger charge is -2.22. The number of benzene rings is 1. The molecule has 2 fully saturated rings. The summed E-state index contributed by atoms with van der Waals surface area (Å²) in [5, 5.41) is 7.76. The van der Waals surface area contributed by atoms with E-state index >= 15 is 0 Å². The highest BCUT2D eigenvalue weighted by molar-refractivity contribution is 5.53. The first-order valence-corrected chi connectivity index (χ1v) is 10.2. The third-order valence-electron chi connectivity index (χ3n) is 6.30. The Morgan fingerprint density at radius 3 is 2.47 bits per heavy atom. The van der Waals surface area contributed by atoms with Crippen molar-refractivity contribution in [1.82, 2.24) is 19.5 Å². The Bertz CT molecular complexity index is 1040. The number of piperidine rings is 1. The SMILES string of the molecule is CCOCc1nnc2c(C(F)(F)F)c(CN3CC4C(c5ccccc5)[C@@H]4C3)ccn12. The Labute approximate surface area is 172 Å². The van der Waals surface area contributed by atoms with Crippen molar-refractivity contribution in [2.75, 3.05) is 19.7 Å². The normalized spacial score (nSPS) is 23.8. The molecule has 1 saturated carbocycles. The second-order valence-electron chi connectivity index (χ2n) is 8.12. The van der Waals surface area contributed by atoms with E-state index in [1.165, 1.54) is 9.96 Å². The Hall–Kier alpha value is -2.45. The smallest absolute Gasteiger partial charge is 0.374 e. The molecular weight excluding hydrogens is 393 g/mol. The molecule has 158 valence electrons. The molecule has 8 heteroatoms. The molecule has 0 amide bonds. The molecule has 2 aliphatic rings. The molecule has 30 heavy (non-hydrogen) atoms. The maximum absolute atomic E-state index is 14.0. The number of hydrogen-bond acceptors (Lipinski definition) is 4. The number of hydrogen-bond donors (Lipinski definition) is 0. The molecule has 0 bridgehead atoms. The van der Waals surface area contributed by atoms with Crippen molar-refractivity contribution in [3.05, 3.63) is 65.1 Å². The van der Waals surface area contributed by atoms with Crippen LogP contribution in [0.3, 0.4) is 0 Å². The highest BCUT2D eigenvalue weighted by atomic mass is 19.4. The number of fused-ring (bicyclic) bond motifs is 2.